The molecule has 0 bridgehead atoms. The zero-order chi connectivity index (χ0) is 20.3. The highest BCUT2D eigenvalue weighted by Crippen LogP contribution is 2.20. The Labute approximate surface area is 169 Å². The molecule has 0 saturated heterocycles. The Morgan fingerprint density at radius 1 is 0.750 bits per heavy atom. The first-order valence-electron chi connectivity index (χ1n) is 8.35. The average molecular weight is 425 g/mol. The molecule has 0 fully saturated rings. The number of rotatable bonds is 4. The maximum atomic E-state index is 9.01. The largest absolute Gasteiger partial charge is 0.394 e. The van der Waals surface area contributed by atoms with E-state index in [9.17, 15) is 0 Å². The predicted octanol–water partition coefficient (Wildman–Crippen LogP) is 2.07. The van der Waals surface area contributed by atoms with Gasteiger partial charge in [-0.15, -0.1) is 0 Å². The van der Waals surface area contributed by atoms with E-state index in [1.165, 1.54) is 12.7 Å². The van der Waals surface area contributed by atoms with Crippen LogP contribution in [0, 0.1) is 0 Å². The fraction of sp³-hybridized carbons (Fsp3) is 0.375. The second kappa shape index (κ2) is 8.74. The third-order valence-corrected chi connectivity index (χ3v) is 4.66. The van der Waals surface area contributed by atoms with E-state index in [0.717, 1.165) is 0 Å². The van der Waals surface area contributed by atoms with Gasteiger partial charge in [0, 0.05) is 0 Å². The van der Waals surface area contributed by atoms with Crippen LogP contribution >= 0.6 is 23.2 Å². The molecule has 0 aliphatic rings. The number of imidazole rings is 2. The zero-order valence-electron chi connectivity index (χ0n) is 15.1. The van der Waals surface area contributed by atoms with E-state index >= 15 is 0 Å². The van der Waals surface area contributed by atoms with Gasteiger partial charge in [-0.1, -0.05) is 23.2 Å². The summed E-state index contributed by atoms with van der Waals surface area (Å²) in [5, 5.41) is 18.7. The second-order valence-electron chi connectivity index (χ2n) is 6.04. The van der Waals surface area contributed by atoms with Crippen LogP contribution in [-0.4, -0.2) is 62.5 Å². The molecule has 12 heteroatoms. The summed E-state index contributed by atoms with van der Waals surface area (Å²) in [5.74, 6) is 0. The van der Waals surface area contributed by atoms with Crippen LogP contribution in [0.2, 0.25) is 10.3 Å². The molecule has 2 N–H and O–H groups in total. The van der Waals surface area contributed by atoms with Crippen LogP contribution in [0.25, 0.3) is 22.3 Å². The van der Waals surface area contributed by atoms with Gasteiger partial charge in [0.1, 0.15) is 23.7 Å². The van der Waals surface area contributed by atoms with Crippen LogP contribution in [0.15, 0.2) is 25.3 Å². The summed E-state index contributed by atoms with van der Waals surface area (Å²) < 4.78 is 3.53. The molecular formula is C16H18Cl2N8O2. The fourth-order valence-electron chi connectivity index (χ4n) is 2.47. The van der Waals surface area contributed by atoms with Crippen molar-refractivity contribution in [3.8, 4) is 0 Å². The van der Waals surface area contributed by atoms with E-state index in [-0.39, 0.29) is 25.3 Å². The highest BCUT2D eigenvalue weighted by Gasteiger charge is 2.12. The van der Waals surface area contributed by atoms with Crippen LogP contribution in [0.3, 0.4) is 0 Å². The molecule has 0 aliphatic heterocycles. The third kappa shape index (κ3) is 3.90. The molecule has 4 heterocycles. The topological polar surface area (TPSA) is 128 Å². The van der Waals surface area contributed by atoms with Crippen molar-refractivity contribution in [1.82, 2.24) is 39.0 Å². The van der Waals surface area contributed by atoms with Crippen LogP contribution in [-0.2, 0) is 0 Å². The molecular weight excluding hydrogens is 407 g/mol. The third-order valence-electron chi connectivity index (χ3n) is 4.11. The van der Waals surface area contributed by atoms with Gasteiger partial charge in [0.05, 0.1) is 38.0 Å². The van der Waals surface area contributed by atoms with Crippen molar-refractivity contribution in [2.24, 2.45) is 0 Å². The van der Waals surface area contributed by atoms with Gasteiger partial charge >= 0.3 is 0 Å². The van der Waals surface area contributed by atoms with Crippen LogP contribution in [0.4, 0.5) is 0 Å². The summed E-state index contributed by atoms with van der Waals surface area (Å²) in [4.78, 5) is 23.9. The Bertz CT molecular complexity index is 997. The summed E-state index contributed by atoms with van der Waals surface area (Å²) in [6.45, 7) is 3.81. The lowest BCUT2D eigenvalue weighted by Gasteiger charge is -2.09. The number of halogens is 2. The number of aromatic nitrogens is 8. The van der Waals surface area contributed by atoms with Crippen molar-refractivity contribution in [3.63, 3.8) is 0 Å². The number of aliphatic hydroxyl groups is 2. The van der Waals surface area contributed by atoms with E-state index in [1.54, 1.807) is 21.8 Å². The monoisotopic (exact) mass is 424 g/mol. The van der Waals surface area contributed by atoms with Gasteiger partial charge in [0.25, 0.3) is 0 Å². The Hall–Kier alpha value is -2.40. The van der Waals surface area contributed by atoms with Crippen molar-refractivity contribution in [1.29, 1.82) is 0 Å². The number of hydrogen-bond donors (Lipinski definition) is 2. The Morgan fingerprint density at radius 2 is 1.14 bits per heavy atom. The standard InChI is InChI=1S/2C8H9ClN4O/c2*1-5(2-14)13-4-12-6-7(9)10-3-11-8(6)13/h2*3-5,14H,2H2,1H3/t2*5-/m11/s1. The number of fused-ring (bicyclic) bond motifs is 2. The van der Waals surface area contributed by atoms with Crippen LogP contribution < -0.4 is 0 Å². The van der Waals surface area contributed by atoms with Gasteiger partial charge in [-0.05, 0) is 13.8 Å². The molecule has 0 aromatic carbocycles. The summed E-state index contributed by atoms with van der Waals surface area (Å²) in [7, 11) is 0. The molecule has 0 spiro atoms. The molecule has 0 amide bonds. The van der Waals surface area contributed by atoms with Gasteiger partial charge in [0.15, 0.2) is 21.6 Å². The first-order valence-corrected chi connectivity index (χ1v) is 9.11. The van der Waals surface area contributed by atoms with Crippen LogP contribution in [0.5, 0.6) is 0 Å². The van der Waals surface area contributed by atoms with E-state index < -0.39 is 0 Å². The molecule has 4 rings (SSSR count). The molecule has 4 aromatic rings. The zero-order valence-corrected chi connectivity index (χ0v) is 16.6. The molecule has 2 atom stereocenters. The number of hydrogen-bond acceptors (Lipinski definition) is 8. The summed E-state index contributed by atoms with van der Waals surface area (Å²) in [6.07, 6.45) is 5.97. The van der Waals surface area contributed by atoms with Crippen molar-refractivity contribution in [2.45, 2.75) is 25.9 Å². The maximum absolute atomic E-state index is 9.01. The molecule has 0 aliphatic carbocycles. The van der Waals surface area contributed by atoms with E-state index in [2.05, 4.69) is 29.9 Å². The van der Waals surface area contributed by atoms with Gasteiger partial charge in [0.2, 0.25) is 0 Å². The smallest absolute Gasteiger partial charge is 0.165 e. The highest BCUT2D eigenvalue weighted by molar-refractivity contribution is 6.33. The number of nitrogens with zero attached hydrogens (tertiary/aromatic N) is 8. The minimum atomic E-state index is -0.0639. The highest BCUT2D eigenvalue weighted by atomic mass is 35.5. The first kappa shape index (κ1) is 20.3. The molecule has 0 unspecified atom stereocenters. The predicted molar refractivity (Wildman–Crippen MR) is 104 cm³/mol. The molecule has 0 saturated carbocycles. The number of aliphatic hydroxyl groups excluding tert-OH is 2. The molecule has 4 aromatic heterocycles. The second-order valence-corrected chi connectivity index (χ2v) is 6.76. The fourth-order valence-corrected chi connectivity index (χ4v) is 2.82. The SMILES string of the molecule is C[C@H](CO)n1cnc2c(Cl)ncnc21.C[C@H](CO)n1cnc2c(Cl)ncnc21. The van der Waals surface area contributed by atoms with E-state index in [1.807, 2.05) is 13.8 Å². The van der Waals surface area contributed by atoms with Gasteiger partial charge < -0.3 is 19.3 Å². The molecule has 148 valence electrons. The summed E-state index contributed by atoms with van der Waals surface area (Å²) >= 11 is 11.7. The van der Waals surface area contributed by atoms with Gasteiger partial charge in [-0.2, -0.15) is 0 Å². The minimum absolute atomic E-state index is 0.0348. The summed E-state index contributed by atoms with van der Waals surface area (Å²) in [5.41, 5.74) is 2.42. The minimum Gasteiger partial charge on any atom is -0.394 e. The van der Waals surface area contributed by atoms with E-state index in [0.29, 0.717) is 32.6 Å². The molecule has 0 radical (unpaired) electrons. The van der Waals surface area contributed by atoms with Crippen molar-refractivity contribution < 1.29 is 10.2 Å². The van der Waals surface area contributed by atoms with Gasteiger partial charge in [-0.25, -0.2) is 29.9 Å². The van der Waals surface area contributed by atoms with E-state index in [4.69, 9.17) is 33.4 Å². The molecule has 10 nitrogen and oxygen atoms in total. The lowest BCUT2D eigenvalue weighted by molar-refractivity contribution is 0.240. The maximum Gasteiger partial charge on any atom is 0.165 e. The van der Waals surface area contributed by atoms with Crippen molar-refractivity contribution in [3.05, 3.63) is 35.6 Å². The Kier molecular flexibility index (Phi) is 6.35. The Balaban J connectivity index is 0.000000161. The summed E-state index contributed by atoms with van der Waals surface area (Å²) in [6, 6.07) is -0.128. The van der Waals surface area contributed by atoms with Crippen LogP contribution in [0.1, 0.15) is 25.9 Å². The molecule has 28 heavy (non-hydrogen) atoms. The van der Waals surface area contributed by atoms with Crippen molar-refractivity contribution in [2.75, 3.05) is 13.2 Å². The Morgan fingerprint density at radius 3 is 1.50 bits per heavy atom. The lowest BCUT2D eigenvalue weighted by Crippen LogP contribution is -2.08. The average Bonchev–Trinajstić information content (AvgIpc) is 3.33. The first-order chi connectivity index (χ1) is 13.5. The normalized spacial score (nSPS) is 13.4. The lowest BCUT2D eigenvalue weighted by atomic mass is 10.3. The van der Waals surface area contributed by atoms with Crippen molar-refractivity contribution >= 4 is 45.5 Å². The quantitative estimate of drug-likeness (QED) is 0.476. The van der Waals surface area contributed by atoms with Gasteiger partial charge in [-0.3, -0.25) is 0 Å².